The van der Waals surface area contributed by atoms with Crippen molar-refractivity contribution in [3.05, 3.63) is 47.8 Å². The summed E-state index contributed by atoms with van der Waals surface area (Å²) in [6.07, 6.45) is 4.48. The van der Waals surface area contributed by atoms with Crippen molar-refractivity contribution in [1.29, 1.82) is 0 Å². The molecule has 3 heteroatoms. The highest BCUT2D eigenvalue weighted by atomic mass is 16.5. The average Bonchev–Trinajstić information content (AvgIpc) is 2.32. The minimum absolute atomic E-state index is 0.388. The monoisotopic (exact) mass is 214 g/mol. The summed E-state index contributed by atoms with van der Waals surface area (Å²) in [5, 5.41) is 0. The van der Waals surface area contributed by atoms with Gasteiger partial charge in [-0.15, -0.1) is 0 Å². The summed E-state index contributed by atoms with van der Waals surface area (Å²) in [5.74, 6) is 0.781. The van der Waals surface area contributed by atoms with Gasteiger partial charge in [-0.2, -0.15) is 0 Å². The second-order valence-electron chi connectivity index (χ2n) is 3.65. The van der Waals surface area contributed by atoms with E-state index in [9.17, 15) is 0 Å². The Hall–Kier alpha value is -1.90. The Labute approximate surface area is 95.1 Å². The molecule has 3 nitrogen and oxygen atoms in total. The lowest BCUT2D eigenvalue weighted by Gasteiger charge is -2.04. The molecule has 1 heterocycles. The molecule has 2 rings (SSSR count). The second-order valence-corrected chi connectivity index (χ2v) is 3.65. The highest BCUT2D eigenvalue weighted by Crippen LogP contribution is 2.18. The van der Waals surface area contributed by atoms with Gasteiger partial charge in [0, 0.05) is 12.4 Å². The minimum atomic E-state index is 0.388. The Bertz CT molecular complexity index is 466. The molecule has 82 valence electrons. The van der Waals surface area contributed by atoms with Crippen LogP contribution in [-0.4, -0.2) is 9.97 Å². The van der Waals surface area contributed by atoms with Crippen LogP contribution < -0.4 is 4.74 Å². The zero-order valence-corrected chi connectivity index (χ0v) is 9.47. The van der Waals surface area contributed by atoms with Crippen molar-refractivity contribution in [2.45, 2.75) is 20.3 Å². The van der Waals surface area contributed by atoms with E-state index in [4.69, 9.17) is 4.74 Å². The lowest BCUT2D eigenvalue weighted by atomic mass is 10.2. The van der Waals surface area contributed by atoms with E-state index in [0.29, 0.717) is 6.01 Å². The Morgan fingerprint density at radius 3 is 2.62 bits per heavy atom. The normalized spacial score (nSPS) is 10.1. The molecular weight excluding hydrogens is 200 g/mol. The molecular formula is C13H14N2O. The van der Waals surface area contributed by atoms with Crippen molar-refractivity contribution in [2.75, 3.05) is 0 Å². The Kier molecular flexibility index (Phi) is 3.15. The highest BCUT2D eigenvalue weighted by molar-refractivity contribution is 5.30. The first kappa shape index (κ1) is 10.6. The summed E-state index contributed by atoms with van der Waals surface area (Å²) in [6, 6.07) is 8.34. The molecule has 0 spiro atoms. The second kappa shape index (κ2) is 4.75. The van der Waals surface area contributed by atoms with E-state index in [1.807, 2.05) is 25.1 Å². The first-order valence-corrected chi connectivity index (χ1v) is 5.33. The maximum absolute atomic E-state index is 5.55. The lowest BCUT2D eigenvalue weighted by Crippen LogP contribution is -1.92. The third kappa shape index (κ3) is 2.57. The number of ether oxygens (including phenoxy) is 1. The van der Waals surface area contributed by atoms with Gasteiger partial charge in [-0.05, 0) is 36.6 Å². The fraction of sp³-hybridized carbons (Fsp3) is 0.231. The predicted molar refractivity (Wildman–Crippen MR) is 62.7 cm³/mol. The Balaban J connectivity index is 2.16. The van der Waals surface area contributed by atoms with Gasteiger partial charge in [0.1, 0.15) is 5.75 Å². The Morgan fingerprint density at radius 1 is 1.19 bits per heavy atom. The fourth-order valence-corrected chi connectivity index (χ4v) is 1.37. The van der Waals surface area contributed by atoms with E-state index in [1.54, 1.807) is 12.4 Å². The molecule has 0 aliphatic heterocycles. The van der Waals surface area contributed by atoms with Crippen molar-refractivity contribution in [1.82, 2.24) is 9.97 Å². The quantitative estimate of drug-likeness (QED) is 0.787. The van der Waals surface area contributed by atoms with E-state index in [0.717, 1.165) is 17.7 Å². The molecule has 2 aromatic rings. The van der Waals surface area contributed by atoms with Crippen molar-refractivity contribution in [3.8, 4) is 11.8 Å². The van der Waals surface area contributed by atoms with Gasteiger partial charge in [0.05, 0.1) is 0 Å². The third-order valence-corrected chi connectivity index (χ3v) is 2.27. The Morgan fingerprint density at radius 2 is 1.94 bits per heavy atom. The number of hydrogen-bond acceptors (Lipinski definition) is 3. The summed E-state index contributed by atoms with van der Waals surface area (Å²) in [5.41, 5.74) is 2.26. The molecule has 0 N–H and O–H groups in total. The van der Waals surface area contributed by atoms with E-state index in [-0.39, 0.29) is 0 Å². The highest BCUT2D eigenvalue weighted by Gasteiger charge is 2.00. The van der Waals surface area contributed by atoms with Gasteiger partial charge in [-0.3, -0.25) is 0 Å². The van der Waals surface area contributed by atoms with Crippen LogP contribution in [0.5, 0.6) is 11.8 Å². The minimum Gasteiger partial charge on any atom is -0.424 e. The molecule has 0 fully saturated rings. The van der Waals surface area contributed by atoms with Gasteiger partial charge in [0.25, 0.3) is 0 Å². The smallest absolute Gasteiger partial charge is 0.321 e. The zero-order chi connectivity index (χ0) is 11.4. The maximum atomic E-state index is 5.55. The summed E-state index contributed by atoms with van der Waals surface area (Å²) < 4.78 is 5.55. The average molecular weight is 214 g/mol. The zero-order valence-electron chi connectivity index (χ0n) is 9.47. The van der Waals surface area contributed by atoms with E-state index in [1.165, 1.54) is 5.56 Å². The van der Waals surface area contributed by atoms with Crippen LogP contribution in [0.15, 0.2) is 36.7 Å². The largest absolute Gasteiger partial charge is 0.424 e. The van der Waals surface area contributed by atoms with Crippen LogP contribution in [0.1, 0.15) is 18.1 Å². The van der Waals surface area contributed by atoms with Crippen LogP contribution in [0.3, 0.4) is 0 Å². The van der Waals surface area contributed by atoms with Crippen LogP contribution in [-0.2, 0) is 6.42 Å². The summed E-state index contributed by atoms with van der Waals surface area (Å²) in [7, 11) is 0. The molecule has 0 atom stereocenters. The SMILES string of the molecule is CCc1cccc(Oc2ncc(C)cn2)c1. The first-order valence-electron chi connectivity index (χ1n) is 5.33. The fourth-order valence-electron chi connectivity index (χ4n) is 1.37. The predicted octanol–water partition coefficient (Wildman–Crippen LogP) is 3.14. The number of rotatable bonds is 3. The third-order valence-electron chi connectivity index (χ3n) is 2.27. The van der Waals surface area contributed by atoms with E-state index < -0.39 is 0 Å². The van der Waals surface area contributed by atoms with Gasteiger partial charge in [-0.25, -0.2) is 9.97 Å². The van der Waals surface area contributed by atoms with E-state index >= 15 is 0 Å². The van der Waals surface area contributed by atoms with Crippen LogP contribution in [0, 0.1) is 6.92 Å². The summed E-state index contributed by atoms with van der Waals surface area (Å²) in [6.45, 7) is 4.06. The molecule has 0 aliphatic rings. The number of hydrogen-bond donors (Lipinski definition) is 0. The molecule has 0 amide bonds. The van der Waals surface area contributed by atoms with E-state index in [2.05, 4.69) is 23.0 Å². The molecule has 0 saturated heterocycles. The molecule has 1 aromatic heterocycles. The van der Waals surface area contributed by atoms with Gasteiger partial charge < -0.3 is 4.74 Å². The molecule has 1 aromatic carbocycles. The van der Waals surface area contributed by atoms with Crippen LogP contribution in [0.4, 0.5) is 0 Å². The maximum Gasteiger partial charge on any atom is 0.321 e. The number of nitrogens with zero attached hydrogens (tertiary/aromatic N) is 2. The molecule has 0 aliphatic carbocycles. The summed E-state index contributed by atoms with van der Waals surface area (Å²) in [4.78, 5) is 8.19. The van der Waals surface area contributed by atoms with Crippen molar-refractivity contribution >= 4 is 0 Å². The first-order chi connectivity index (χ1) is 7.78. The molecule has 16 heavy (non-hydrogen) atoms. The van der Waals surface area contributed by atoms with Crippen molar-refractivity contribution < 1.29 is 4.74 Å². The number of benzene rings is 1. The van der Waals surface area contributed by atoms with Gasteiger partial charge in [0.15, 0.2) is 0 Å². The van der Waals surface area contributed by atoms with Gasteiger partial charge in [0.2, 0.25) is 0 Å². The van der Waals surface area contributed by atoms with Crippen molar-refractivity contribution in [3.63, 3.8) is 0 Å². The van der Waals surface area contributed by atoms with Crippen LogP contribution in [0.2, 0.25) is 0 Å². The van der Waals surface area contributed by atoms with Crippen molar-refractivity contribution in [2.24, 2.45) is 0 Å². The molecule has 0 unspecified atom stereocenters. The number of aryl methyl sites for hydroxylation is 2. The molecule has 0 saturated carbocycles. The number of aromatic nitrogens is 2. The van der Waals surface area contributed by atoms with Crippen LogP contribution in [0.25, 0.3) is 0 Å². The topological polar surface area (TPSA) is 35.0 Å². The lowest BCUT2D eigenvalue weighted by molar-refractivity contribution is 0.441. The van der Waals surface area contributed by atoms with Gasteiger partial charge >= 0.3 is 6.01 Å². The van der Waals surface area contributed by atoms with Crippen LogP contribution >= 0.6 is 0 Å². The molecule has 0 radical (unpaired) electrons. The standard InChI is InChI=1S/C13H14N2O/c1-3-11-5-4-6-12(7-11)16-13-14-8-10(2)9-15-13/h4-9H,3H2,1-2H3. The van der Waals surface area contributed by atoms with Gasteiger partial charge in [-0.1, -0.05) is 19.1 Å². The molecule has 0 bridgehead atoms. The summed E-state index contributed by atoms with van der Waals surface area (Å²) >= 11 is 0.